The topological polar surface area (TPSA) is 67.6 Å². The van der Waals surface area contributed by atoms with Gasteiger partial charge in [0.2, 0.25) is 0 Å². The summed E-state index contributed by atoms with van der Waals surface area (Å²) in [7, 11) is 0. The highest BCUT2D eigenvalue weighted by atomic mass is 16.5. The number of nitrogens with two attached hydrogens (primary N) is 1. The average Bonchev–Trinajstić information content (AvgIpc) is 2.64. The number of nitrogen functional groups attached to an aromatic ring is 1. The fourth-order valence-electron chi connectivity index (χ4n) is 2.59. The van der Waals surface area contributed by atoms with Gasteiger partial charge in [-0.2, -0.15) is 0 Å². The molecular weight excluding hydrogens is 314 g/mol. The van der Waals surface area contributed by atoms with Gasteiger partial charge in [0.15, 0.2) is 0 Å². The third-order valence-electron chi connectivity index (χ3n) is 4.18. The Kier molecular flexibility index (Phi) is 7.29. The van der Waals surface area contributed by atoms with Crippen LogP contribution in [0.5, 0.6) is 5.75 Å². The summed E-state index contributed by atoms with van der Waals surface area (Å²) < 4.78 is 5.92. The Hall–Kier alpha value is -2.53. The summed E-state index contributed by atoms with van der Waals surface area (Å²) in [6.07, 6.45) is 0. The molecule has 0 saturated heterocycles. The van der Waals surface area contributed by atoms with E-state index in [-0.39, 0.29) is 5.91 Å². The first kappa shape index (κ1) is 18.8. The number of amides is 1. The fourth-order valence-corrected chi connectivity index (χ4v) is 2.59. The Morgan fingerprint density at radius 1 is 1.08 bits per heavy atom. The molecule has 0 spiro atoms. The Morgan fingerprint density at radius 3 is 2.48 bits per heavy atom. The second-order valence-electron chi connectivity index (χ2n) is 5.75. The normalized spacial score (nSPS) is 10.7. The third-order valence-corrected chi connectivity index (χ3v) is 4.18. The molecule has 1 amide bonds. The van der Waals surface area contributed by atoms with E-state index in [4.69, 9.17) is 10.5 Å². The van der Waals surface area contributed by atoms with Crippen molar-refractivity contribution in [1.82, 2.24) is 10.2 Å². The van der Waals surface area contributed by atoms with Gasteiger partial charge in [0.1, 0.15) is 12.4 Å². The molecule has 0 aliphatic rings. The number of nitrogens with one attached hydrogen (secondary N) is 1. The lowest BCUT2D eigenvalue weighted by atomic mass is 10.1. The van der Waals surface area contributed by atoms with Crippen molar-refractivity contribution >= 4 is 11.6 Å². The van der Waals surface area contributed by atoms with Crippen LogP contribution in [0, 0.1) is 0 Å². The van der Waals surface area contributed by atoms with E-state index in [9.17, 15) is 4.79 Å². The number of likely N-dealkylation sites (N-methyl/N-ethyl adjacent to an activating group) is 1. The van der Waals surface area contributed by atoms with Crippen molar-refractivity contribution in [2.45, 2.75) is 20.4 Å². The summed E-state index contributed by atoms with van der Waals surface area (Å²) >= 11 is 0. The van der Waals surface area contributed by atoms with Crippen molar-refractivity contribution in [2.75, 3.05) is 32.0 Å². The SMILES string of the molecule is CCN(CC)CCOc1ccccc1CNC(=O)c1ccccc1N. The third kappa shape index (κ3) is 5.50. The van der Waals surface area contributed by atoms with Crippen molar-refractivity contribution in [3.05, 3.63) is 59.7 Å². The summed E-state index contributed by atoms with van der Waals surface area (Å²) in [6, 6.07) is 14.8. The molecule has 0 radical (unpaired) electrons. The predicted molar refractivity (Wildman–Crippen MR) is 102 cm³/mol. The van der Waals surface area contributed by atoms with Gasteiger partial charge in [-0.15, -0.1) is 0 Å². The van der Waals surface area contributed by atoms with Crippen LogP contribution in [0.4, 0.5) is 5.69 Å². The smallest absolute Gasteiger partial charge is 0.253 e. The molecule has 3 N–H and O–H groups in total. The summed E-state index contributed by atoms with van der Waals surface area (Å²) in [5.41, 5.74) is 7.76. The lowest BCUT2D eigenvalue weighted by Crippen LogP contribution is -2.28. The zero-order valence-electron chi connectivity index (χ0n) is 15.0. The van der Waals surface area contributed by atoms with E-state index in [0.29, 0.717) is 24.4 Å². The Labute approximate surface area is 149 Å². The first-order chi connectivity index (χ1) is 12.2. The number of para-hydroxylation sites is 2. The molecule has 0 aliphatic carbocycles. The molecule has 0 fully saturated rings. The molecular formula is C20H27N3O2. The van der Waals surface area contributed by atoms with E-state index in [2.05, 4.69) is 24.1 Å². The van der Waals surface area contributed by atoms with Gasteiger partial charge in [-0.1, -0.05) is 44.2 Å². The molecule has 25 heavy (non-hydrogen) atoms. The highest BCUT2D eigenvalue weighted by Crippen LogP contribution is 2.18. The van der Waals surface area contributed by atoms with Gasteiger partial charge in [0, 0.05) is 24.3 Å². The van der Waals surface area contributed by atoms with Gasteiger partial charge in [-0.05, 0) is 31.3 Å². The first-order valence-electron chi connectivity index (χ1n) is 8.71. The second-order valence-corrected chi connectivity index (χ2v) is 5.75. The van der Waals surface area contributed by atoms with Crippen LogP contribution in [-0.4, -0.2) is 37.0 Å². The van der Waals surface area contributed by atoms with Gasteiger partial charge >= 0.3 is 0 Å². The largest absolute Gasteiger partial charge is 0.492 e. The molecule has 0 unspecified atom stereocenters. The Balaban J connectivity index is 1.94. The molecule has 0 aromatic heterocycles. The summed E-state index contributed by atoms with van der Waals surface area (Å²) in [6.45, 7) is 8.21. The maximum Gasteiger partial charge on any atom is 0.253 e. The van der Waals surface area contributed by atoms with Gasteiger partial charge in [-0.25, -0.2) is 0 Å². The van der Waals surface area contributed by atoms with E-state index in [1.54, 1.807) is 18.2 Å². The summed E-state index contributed by atoms with van der Waals surface area (Å²) in [5.74, 6) is 0.618. The van der Waals surface area contributed by atoms with Crippen LogP contribution in [0.25, 0.3) is 0 Å². The zero-order chi connectivity index (χ0) is 18.1. The Morgan fingerprint density at radius 2 is 1.76 bits per heavy atom. The molecule has 5 nitrogen and oxygen atoms in total. The van der Waals surface area contributed by atoms with Crippen molar-refractivity contribution in [3.8, 4) is 5.75 Å². The number of hydrogen-bond acceptors (Lipinski definition) is 4. The molecule has 0 bridgehead atoms. The second kappa shape index (κ2) is 9.69. The number of hydrogen-bond donors (Lipinski definition) is 2. The maximum atomic E-state index is 12.3. The van der Waals surface area contributed by atoms with Crippen LogP contribution in [0.15, 0.2) is 48.5 Å². The number of nitrogens with zero attached hydrogens (tertiary/aromatic N) is 1. The molecule has 2 aromatic rings. The lowest BCUT2D eigenvalue weighted by molar-refractivity contribution is 0.0951. The number of rotatable bonds is 9. The van der Waals surface area contributed by atoms with Crippen LogP contribution in [0.1, 0.15) is 29.8 Å². The molecule has 0 atom stereocenters. The van der Waals surface area contributed by atoms with Crippen molar-refractivity contribution in [1.29, 1.82) is 0 Å². The maximum absolute atomic E-state index is 12.3. The van der Waals surface area contributed by atoms with Crippen LogP contribution < -0.4 is 15.8 Å². The van der Waals surface area contributed by atoms with E-state index in [1.807, 2.05) is 30.3 Å². The minimum Gasteiger partial charge on any atom is -0.492 e. The number of carbonyl (C=O) groups excluding carboxylic acids is 1. The Bertz CT molecular complexity index is 684. The van der Waals surface area contributed by atoms with Crippen LogP contribution in [0.3, 0.4) is 0 Å². The van der Waals surface area contributed by atoms with E-state index in [0.717, 1.165) is 30.9 Å². The molecule has 2 rings (SSSR count). The van der Waals surface area contributed by atoms with Crippen molar-refractivity contribution in [3.63, 3.8) is 0 Å². The quantitative estimate of drug-likeness (QED) is 0.688. The molecule has 134 valence electrons. The first-order valence-corrected chi connectivity index (χ1v) is 8.71. The molecule has 0 aliphatic heterocycles. The monoisotopic (exact) mass is 341 g/mol. The molecule has 5 heteroatoms. The summed E-state index contributed by atoms with van der Waals surface area (Å²) in [4.78, 5) is 14.6. The number of benzene rings is 2. The fraction of sp³-hybridized carbons (Fsp3) is 0.350. The molecule has 2 aromatic carbocycles. The van der Waals surface area contributed by atoms with Crippen LogP contribution in [0.2, 0.25) is 0 Å². The number of ether oxygens (including phenoxy) is 1. The number of carbonyl (C=O) groups is 1. The number of anilines is 1. The van der Waals surface area contributed by atoms with E-state index >= 15 is 0 Å². The summed E-state index contributed by atoms with van der Waals surface area (Å²) in [5, 5.41) is 2.91. The molecule has 0 heterocycles. The minimum atomic E-state index is -0.184. The van der Waals surface area contributed by atoms with Gasteiger partial charge in [0.05, 0.1) is 5.56 Å². The lowest BCUT2D eigenvalue weighted by Gasteiger charge is -2.19. The van der Waals surface area contributed by atoms with Crippen LogP contribution in [-0.2, 0) is 6.54 Å². The van der Waals surface area contributed by atoms with Gasteiger partial charge in [-0.3, -0.25) is 4.79 Å². The average molecular weight is 341 g/mol. The highest BCUT2D eigenvalue weighted by molar-refractivity contribution is 5.99. The van der Waals surface area contributed by atoms with Gasteiger partial charge < -0.3 is 20.7 Å². The zero-order valence-corrected chi connectivity index (χ0v) is 15.0. The van der Waals surface area contributed by atoms with Crippen molar-refractivity contribution < 1.29 is 9.53 Å². The van der Waals surface area contributed by atoms with Crippen molar-refractivity contribution in [2.24, 2.45) is 0 Å². The highest BCUT2D eigenvalue weighted by Gasteiger charge is 2.10. The van der Waals surface area contributed by atoms with Gasteiger partial charge in [0.25, 0.3) is 5.91 Å². The minimum absolute atomic E-state index is 0.184. The van der Waals surface area contributed by atoms with Crippen LogP contribution >= 0.6 is 0 Å². The van der Waals surface area contributed by atoms with E-state index in [1.165, 1.54) is 0 Å². The predicted octanol–water partition coefficient (Wildman–Crippen LogP) is 2.92. The molecule has 0 saturated carbocycles. The standard InChI is InChI=1S/C20H27N3O2/c1-3-23(4-2)13-14-25-19-12-8-5-9-16(19)15-22-20(24)17-10-6-7-11-18(17)21/h5-12H,3-4,13-15,21H2,1-2H3,(H,22,24). The van der Waals surface area contributed by atoms with E-state index < -0.39 is 0 Å².